The van der Waals surface area contributed by atoms with Gasteiger partial charge < -0.3 is 25.2 Å². The number of phenols is 2. The minimum Gasteiger partial charge on any atom is -0.508 e. The molecule has 0 saturated carbocycles. The predicted octanol–water partition coefficient (Wildman–Crippen LogP) is 1.92. The summed E-state index contributed by atoms with van der Waals surface area (Å²) in [7, 11) is 1.43. The molecule has 0 aliphatic rings. The second kappa shape index (κ2) is 6.47. The van der Waals surface area contributed by atoms with Gasteiger partial charge in [0.05, 0.1) is 19.8 Å². The first-order chi connectivity index (χ1) is 10.1. The average Bonchev–Trinajstić information content (AvgIpc) is 2.50. The van der Waals surface area contributed by atoms with E-state index in [9.17, 15) is 20.4 Å². The van der Waals surface area contributed by atoms with Gasteiger partial charge in [-0.15, -0.1) is 0 Å². The van der Waals surface area contributed by atoms with Crippen LogP contribution in [0.5, 0.6) is 17.2 Å². The van der Waals surface area contributed by atoms with E-state index in [1.165, 1.54) is 25.3 Å². The third-order valence-electron chi connectivity index (χ3n) is 3.44. The lowest BCUT2D eigenvalue weighted by Gasteiger charge is -2.22. The Balaban J connectivity index is 2.32. The Morgan fingerprint density at radius 2 is 1.62 bits per heavy atom. The van der Waals surface area contributed by atoms with Crippen molar-refractivity contribution in [2.24, 2.45) is 0 Å². The summed E-state index contributed by atoms with van der Waals surface area (Å²) in [6.07, 6.45) is -0.940. The molecular formula is C16H18O5. The molecule has 0 fully saturated rings. The molecule has 0 aliphatic carbocycles. The lowest BCUT2D eigenvalue weighted by Crippen LogP contribution is -2.15. The summed E-state index contributed by atoms with van der Waals surface area (Å²) in [5, 5.41) is 38.9. The number of hydrogen-bond acceptors (Lipinski definition) is 5. The minimum absolute atomic E-state index is 0.00272. The summed E-state index contributed by atoms with van der Waals surface area (Å²) in [6.45, 7) is -0.268. The maximum absolute atomic E-state index is 10.4. The van der Waals surface area contributed by atoms with Gasteiger partial charge in [0.25, 0.3) is 0 Å². The highest BCUT2D eigenvalue weighted by molar-refractivity contribution is 5.43. The van der Waals surface area contributed by atoms with Crippen molar-refractivity contribution in [3.05, 3.63) is 53.6 Å². The van der Waals surface area contributed by atoms with Crippen LogP contribution in [0.15, 0.2) is 42.5 Å². The van der Waals surface area contributed by atoms with Gasteiger partial charge in [0.15, 0.2) is 11.5 Å². The Labute approximate surface area is 122 Å². The summed E-state index contributed by atoms with van der Waals surface area (Å²) >= 11 is 0. The van der Waals surface area contributed by atoms with Gasteiger partial charge in [-0.05, 0) is 35.4 Å². The lowest BCUT2D eigenvalue weighted by molar-refractivity contribution is 0.107. The first-order valence-electron chi connectivity index (χ1n) is 6.51. The second-order valence-electron chi connectivity index (χ2n) is 4.76. The van der Waals surface area contributed by atoms with Crippen LogP contribution in [0.2, 0.25) is 0 Å². The number of methoxy groups -OCH3 is 1. The van der Waals surface area contributed by atoms with E-state index in [-0.39, 0.29) is 23.9 Å². The van der Waals surface area contributed by atoms with Crippen molar-refractivity contribution >= 4 is 0 Å². The molecular weight excluding hydrogens is 272 g/mol. The highest BCUT2D eigenvalue weighted by Gasteiger charge is 2.23. The van der Waals surface area contributed by atoms with Crippen LogP contribution in [0.1, 0.15) is 23.1 Å². The summed E-state index contributed by atoms with van der Waals surface area (Å²) in [5.41, 5.74) is 1.23. The van der Waals surface area contributed by atoms with Crippen molar-refractivity contribution in [1.29, 1.82) is 0 Å². The number of phenolic OH excluding ortho intramolecular Hbond substituents is 2. The van der Waals surface area contributed by atoms with Gasteiger partial charge in [0.2, 0.25) is 0 Å². The number of ether oxygens (including phenoxy) is 1. The van der Waals surface area contributed by atoms with Gasteiger partial charge in [0, 0.05) is 5.92 Å². The van der Waals surface area contributed by atoms with E-state index < -0.39 is 12.0 Å². The highest BCUT2D eigenvalue weighted by atomic mass is 16.5. The van der Waals surface area contributed by atoms with Crippen LogP contribution >= 0.6 is 0 Å². The van der Waals surface area contributed by atoms with Crippen molar-refractivity contribution in [3.8, 4) is 17.2 Å². The Morgan fingerprint density at radius 3 is 2.19 bits per heavy atom. The zero-order valence-corrected chi connectivity index (χ0v) is 11.6. The molecule has 2 rings (SSSR count). The number of aromatic hydroxyl groups is 2. The molecule has 21 heavy (non-hydrogen) atoms. The third kappa shape index (κ3) is 3.26. The van der Waals surface area contributed by atoms with E-state index >= 15 is 0 Å². The van der Waals surface area contributed by atoms with Crippen molar-refractivity contribution in [2.75, 3.05) is 13.7 Å². The number of aliphatic hydroxyl groups is 2. The predicted molar refractivity (Wildman–Crippen MR) is 77.6 cm³/mol. The van der Waals surface area contributed by atoms with Crippen molar-refractivity contribution < 1.29 is 25.2 Å². The fourth-order valence-corrected chi connectivity index (χ4v) is 2.22. The largest absolute Gasteiger partial charge is 0.508 e. The van der Waals surface area contributed by atoms with E-state index in [1.807, 2.05) is 0 Å². The fourth-order valence-electron chi connectivity index (χ4n) is 2.22. The molecule has 5 nitrogen and oxygen atoms in total. The maximum atomic E-state index is 10.4. The van der Waals surface area contributed by atoms with Crippen LogP contribution in [-0.4, -0.2) is 34.1 Å². The summed E-state index contributed by atoms with van der Waals surface area (Å²) in [5.74, 6) is -0.178. The van der Waals surface area contributed by atoms with Crippen LogP contribution in [0, 0.1) is 0 Å². The average molecular weight is 290 g/mol. The van der Waals surface area contributed by atoms with Gasteiger partial charge in [-0.25, -0.2) is 0 Å². The SMILES string of the molecule is COc1cc([C@H](CO)[C@H](O)c2ccc(O)cc2)ccc1O. The topological polar surface area (TPSA) is 90.2 Å². The van der Waals surface area contributed by atoms with Crippen molar-refractivity contribution in [2.45, 2.75) is 12.0 Å². The molecule has 0 saturated heterocycles. The van der Waals surface area contributed by atoms with Crippen LogP contribution in [-0.2, 0) is 0 Å². The molecule has 5 heteroatoms. The van der Waals surface area contributed by atoms with Crippen LogP contribution in [0.4, 0.5) is 0 Å². The number of rotatable bonds is 5. The summed E-state index contributed by atoms with van der Waals surface area (Å²) in [4.78, 5) is 0. The molecule has 112 valence electrons. The smallest absolute Gasteiger partial charge is 0.160 e. The molecule has 0 amide bonds. The van der Waals surface area contributed by atoms with Gasteiger partial charge >= 0.3 is 0 Å². The number of benzene rings is 2. The van der Waals surface area contributed by atoms with Gasteiger partial charge in [-0.3, -0.25) is 0 Å². The Bertz CT molecular complexity index is 594. The zero-order chi connectivity index (χ0) is 15.4. The van der Waals surface area contributed by atoms with E-state index in [0.29, 0.717) is 11.1 Å². The Kier molecular flexibility index (Phi) is 4.67. The molecule has 0 aromatic heterocycles. The zero-order valence-electron chi connectivity index (χ0n) is 11.6. The van der Waals surface area contributed by atoms with Crippen molar-refractivity contribution in [3.63, 3.8) is 0 Å². The van der Waals surface area contributed by atoms with Crippen LogP contribution in [0.25, 0.3) is 0 Å². The fraction of sp³-hybridized carbons (Fsp3) is 0.250. The van der Waals surface area contributed by atoms with Gasteiger partial charge in [-0.1, -0.05) is 18.2 Å². The van der Waals surface area contributed by atoms with Gasteiger partial charge in [0.1, 0.15) is 5.75 Å². The molecule has 0 aliphatic heterocycles. The first-order valence-corrected chi connectivity index (χ1v) is 6.51. The normalized spacial score (nSPS) is 13.7. The molecule has 0 radical (unpaired) electrons. The van der Waals surface area contributed by atoms with Crippen LogP contribution < -0.4 is 4.74 Å². The van der Waals surface area contributed by atoms with E-state index in [1.54, 1.807) is 24.3 Å². The summed E-state index contributed by atoms with van der Waals surface area (Å²) < 4.78 is 5.04. The molecule has 0 bridgehead atoms. The van der Waals surface area contributed by atoms with E-state index in [2.05, 4.69) is 0 Å². The molecule has 0 heterocycles. The standard InChI is InChI=1S/C16H18O5/c1-21-15-8-11(4-7-14(15)19)13(9-17)16(20)10-2-5-12(18)6-3-10/h2-8,13,16-20H,9H2,1H3/t13-,16+/m0/s1. The first kappa shape index (κ1) is 15.2. The lowest BCUT2D eigenvalue weighted by atomic mass is 9.89. The number of hydrogen-bond donors (Lipinski definition) is 4. The van der Waals surface area contributed by atoms with E-state index in [0.717, 1.165) is 0 Å². The second-order valence-corrected chi connectivity index (χ2v) is 4.76. The highest BCUT2D eigenvalue weighted by Crippen LogP contribution is 2.35. The van der Waals surface area contributed by atoms with Crippen molar-refractivity contribution in [1.82, 2.24) is 0 Å². The molecule has 0 unspecified atom stereocenters. The quantitative estimate of drug-likeness (QED) is 0.675. The summed E-state index contributed by atoms with van der Waals surface area (Å²) in [6, 6.07) is 10.8. The molecule has 0 spiro atoms. The maximum Gasteiger partial charge on any atom is 0.160 e. The third-order valence-corrected chi connectivity index (χ3v) is 3.44. The van der Waals surface area contributed by atoms with E-state index in [4.69, 9.17) is 4.74 Å². The Morgan fingerprint density at radius 1 is 1.00 bits per heavy atom. The number of aliphatic hydroxyl groups excluding tert-OH is 2. The monoisotopic (exact) mass is 290 g/mol. The van der Waals surface area contributed by atoms with Gasteiger partial charge in [-0.2, -0.15) is 0 Å². The Hall–Kier alpha value is -2.24. The minimum atomic E-state index is -0.940. The van der Waals surface area contributed by atoms with Crippen LogP contribution in [0.3, 0.4) is 0 Å². The molecule has 2 aromatic rings. The molecule has 2 atom stereocenters. The molecule has 2 aromatic carbocycles. The molecule has 4 N–H and O–H groups in total.